The molecule has 0 spiro atoms. The van der Waals surface area contributed by atoms with Crippen LogP contribution in [0, 0.1) is 0 Å². The third kappa shape index (κ3) is 4.30. The molecule has 0 saturated heterocycles. The van der Waals surface area contributed by atoms with Crippen molar-refractivity contribution in [3.63, 3.8) is 0 Å². The molecule has 1 amide bonds. The molecule has 3 nitrogen and oxygen atoms in total. The van der Waals surface area contributed by atoms with Crippen LogP contribution in [0.15, 0.2) is 53.2 Å². The third-order valence-corrected chi connectivity index (χ3v) is 5.61. The first-order chi connectivity index (χ1) is 11.8. The van der Waals surface area contributed by atoms with Crippen molar-refractivity contribution < 1.29 is 4.79 Å². The van der Waals surface area contributed by atoms with Crippen LogP contribution in [0.2, 0.25) is 0 Å². The second kappa shape index (κ2) is 8.22. The molecule has 1 aromatic carbocycles. The first-order valence-corrected chi connectivity index (χ1v) is 9.82. The van der Waals surface area contributed by atoms with Crippen LogP contribution in [-0.2, 0) is 17.8 Å². The Kier molecular flexibility index (Phi) is 5.77. The predicted molar refractivity (Wildman–Crippen MR) is 101 cm³/mol. The molecule has 0 atom stereocenters. The van der Waals surface area contributed by atoms with Crippen molar-refractivity contribution in [2.75, 3.05) is 6.54 Å². The predicted octanol–water partition coefficient (Wildman–Crippen LogP) is 4.85. The van der Waals surface area contributed by atoms with Crippen molar-refractivity contribution in [2.24, 2.45) is 0 Å². The van der Waals surface area contributed by atoms with Crippen LogP contribution in [0.4, 0.5) is 0 Å². The lowest BCUT2D eigenvalue weighted by atomic mass is 10.2. The van der Waals surface area contributed by atoms with Crippen LogP contribution >= 0.6 is 22.7 Å². The Balaban J connectivity index is 1.67. The van der Waals surface area contributed by atoms with Crippen molar-refractivity contribution in [1.29, 1.82) is 0 Å². The van der Waals surface area contributed by atoms with Crippen molar-refractivity contribution in [1.82, 2.24) is 9.88 Å². The zero-order valence-corrected chi connectivity index (χ0v) is 15.3. The minimum Gasteiger partial charge on any atom is -0.338 e. The zero-order valence-electron chi connectivity index (χ0n) is 13.6. The number of thiophene rings is 1. The third-order valence-electron chi connectivity index (χ3n) is 3.68. The molecule has 0 bridgehead atoms. The van der Waals surface area contributed by atoms with Crippen molar-refractivity contribution in [3.8, 4) is 9.88 Å². The topological polar surface area (TPSA) is 33.2 Å². The average molecular weight is 357 g/mol. The van der Waals surface area contributed by atoms with Gasteiger partial charge in [0.15, 0.2) is 0 Å². The maximum absolute atomic E-state index is 12.7. The molecule has 3 rings (SSSR count). The molecule has 5 heteroatoms. The maximum Gasteiger partial charge on any atom is 0.228 e. The molecule has 2 heterocycles. The van der Waals surface area contributed by atoms with E-state index in [0.29, 0.717) is 13.0 Å². The summed E-state index contributed by atoms with van der Waals surface area (Å²) in [4.78, 5) is 20.4. The quantitative estimate of drug-likeness (QED) is 0.606. The van der Waals surface area contributed by atoms with Gasteiger partial charge in [-0.3, -0.25) is 4.79 Å². The van der Waals surface area contributed by atoms with Crippen LogP contribution in [-0.4, -0.2) is 22.3 Å². The van der Waals surface area contributed by atoms with E-state index in [1.54, 1.807) is 22.7 Å². The molecule has 2 aromatic heterocycles. The van der Waals surface area contributed by atoms with Gasteiger partial charge in [-0.25, -0.2) is 4.98 Å². The molecule has 24 heavy (non-hydrogen) atoms. The number of thiazole rings is 1. The van der Waals surface area contributed by atoms with Gasteiger partial charge in [-0.15, -0.1) is 22.7 Å². The van der Waals surface area contributed by atoms with Gasteiger partial charge in [0, 0.05) is 18.5 Å². The lowest BCUT2D eigenvalue weighted by Crippen LogP contribution is -2.32. The van der Waals surface area contributed by atoms with Gasteiger partial charge in [0.05, 0.1) is 17.0 Å². The van der Waals surface area contributed by atoms with Gasteiger partial charge in [-0.1, -0.05) is 43.3 Å². The van der Waals surface area contributed by atoms with Gasteiger partial charge in [0.2, 0.25) is 5.91 Å². The molecule has 0 aliphatic rings. The van der Waals surface area contributed by atoms with Crippen LogP contribution in [0.3, 0.4) is 0 Å². The normalized spacial score (nSPS) is 10.7. The van der Waals surface area contributed by atoms with Crippen molar-refractivity contribution in [3.05, 3.63) is 64.5 Å². The molecule has 3 aromatic rings. The molecule has 124 valence electrons. The summed E-state index contributed by atoms with van der Waals surface area (Å²) in [6.45, 7) is 3.54. The molecular weight excluding hydrogens is 336 g/mol. The fourth-order valence-electron chi connectivity index (χ4n) is 2.53. The summed E-state index contributed by atoms with van der Waals surface area (Å²) in [5.41, 5.74) is 2.03. The van der Waals surface area contributed by atoms with E-state index < -0.39 is 0 Å². The SMILES string of the molecule is CCCN(Cc1ccccc1)C(=O)Cc1csc(-c2cccs2)n1. The van der Waals surface area contributed by atoms with Gasteiger partial charge in [-0.05, 0) is 23.4 Å². The largest absolute Gasteiger partial charge is 0.338 e. The minimum atomic E-state index is 0.142. The van der Waals surface area contributed by atoms with E-state index in [4.69, 9.17) is 0 Å². The fraction of sp³-hybridized carbons (Fsp3) is 0.263. The van der Waals surface area contributed by atoms with E-state index in [2.05, 4.69) is 30.1 Å². The highest BCUT2D eigenvalue weighted by atomic mass is 32.1. The number of carbonyl (C=O) groups is 1. The lowest BCUT2D eigenvalue weighted by molar-refractivity contribution is -0.131. The second-order valence-electron chi connectivity index (χ2n) is 5.60. The van der Waals surface area contributed by atoms with E-state index in [-0.39, 0.29) is 5.91 Å². The van der Waals surface area contributed by atoms with Gasteiger partial charge in [0.1, 0.15) is 5.01 Å². The molecule has 0 saturated carbocycles. The van der Waals surface area contributed by atoms with Crippen LogP contribution in [0.5, 0.6) is 0 Å². The number of aromatic nitrogens is 1. The summed E-state index contributed by atoms with van der Waals surface area (Å²) in [5.74, 6) is 0.142. The molecule has 0 fully saturated rings. The van der Waals surface area contributed by atoms with Gasteiger partial charge >= 0.3 is 0 Å². The summed E-state index contributed by atoms with van der Waals surface area (Å²) in [6, 6.07) is 14.2. The summed E-state index contributed by atoms with van der Waals surface area (Å²) in [7, 11) is 0. The Hall–Kier alpha value is -1.98. The smallest absolute Gasteiger partial charge is 0.228 e. The Morgan fingerprint density at radius 1 is 1.12 bits per heavy atom. The summed E-state index contributed by atoms with van der Waals surface area (Å²) in [6.07, 6.45) is 1.32. The molecule has 0 aliphatic carbocycles. The van der Waals surface area contributed by atoms with E-state index in [1.165, 1.54) is 0 Å². The second-order valence-corrected chi connectivity index (χ2v) is 7.40. The first-order valence-electron chi connectivity index (χ1n) is 8.06. The number of nitrogens with zero attached hydrogens (tertiary/aromatic N) is 2. The monoisotopic (exact) mass is 356 g/mol. The summed E-state index contributed by atoms with van der Waals surface area (Å²) < 4.78 is 0. The number of carbonyl (C=O) groups excluding carboxylic acids is 1. The molecule has 0 aliphatic heterocycles. The number of rotatable bonds is 7. The van der Waals surface area contributed by atoms with Crippen LogP contribution in [0.25, 0.3) is 9.88 Å². The van der Waals surface area contributed by atoms with Crippen LogP contribution in [0.1, 0.15) is 24.6 Å². The zero-order chi connectivity index (χ0) is 16.8. The average Bonchev–Trinajstić information content (AvgIpc) is 3.26. The van der Waals surface area contributed by atoms with E-state index >= 15 is 0 Å². The van der Waals surface area contributed by atoms with Gasteiger partial charge < -0.3 is 4.90 Å². The molecule has 0 radical (unpaired) electrons. The highest BCUT2D eigenvalue weighted by Gasteiger charge is 2.16. The Morgan fingerprint density at radius 2 is 1.96 bits per heavy atom. The Morgan fingerprint density at radius 3 is 2.67 bits per heavy atom. The highest BCUT2D eigenvalue weighted by Crippen LogP contribution is 2.28. The van der Waals surface area contributed by atoms with Crippen LogP contribution < -0.4 is 0 Å². The van der Waals surface area contributed by atoms with Crippen molar-refractivity contribution in [2.45, 2.75) is 26.3 Å². The molecule has 0 unspecified atom stereocenters. The highest BCUT2D eigenvalue weighted by molar-refractivity contribution is 7.20. The lowest BCUT2D eigenvalue weighted by Gasteiger charge is -2.22. The standard InChI is InChI=1S/C19H20N2OS2/c1-2-10-21(13-15-7-4-3-5-8-15)18(22)12-16-14-24-19(20-16)17-9-6-11-23-17/h3-9,11,14H,2,10,12-13H2,1H3. The summed E-state index contributed by atoms with van der Waals surface area (Å²) in [5, 5.41) is 5.04. The van der Waals surface area contributed by atoms with E-state index in [0.717, 1.165) is 34.1 Å². The number of benzene rings is 1. The first kappa shape index (κ1) is 16.9. The maximum atomic E-state index is 12.7. The Labute approximate surface area is 150 Å². The number of amides is 1. The molecular formula is C19H20N2OS2. The number of hydrogen-bond donors (Lipinski definition) is 0. The number of hydrogen-bond acceptors (Lipinski definition) is 4. The summed E-state index contributed by atoms with van der Waals surface area (Å²) >= 11 is 3.28. The minimum absolute atomic E-state index is 0.142. The van der Waals surface area contributed by atoms with E-state index in [9.17, 15) is 4.79 Å². The van der Waals surface area contributed by atoms with Gasteiger partial charge in [-0.2, -0.15) is 0 Å². The fourth-order valence-corrected chi connectivity index (χ4v) is 4.17. The molecule has 0 N–H and O–H groups in total. The van der Waals surface area contributed by atoms with Gasteiger partial charge in [0.25, 0.3) is 0 Å². The Bertz CT molecular complexity index is 766. The van der Waals surface area contributed by atoms with E-state index in [1.807, 2.05) is 39.9 Å². The van der Waals surface area contributed by atoms with Crippen molar-refractivity contribution >= 4 is 28.6 Å².